The largest absolute Gasteiger partial charge is 0.497 e. The van der Waals surface area contributed by atoms with Gasteiger partial charge in [-0.2, -0.15) is 4.68 Å². The predicted molar refractivity (Wildman–Crippen MR) is 91.1 cm³/mol. The summed E-state index contributed by atoms with van der Waals surface area (Å²) in [5.41, 5.74) is 2.04. The number of benzene rings is 1. The molecule has 0 spiro atoms. The number of aromatic nitrogens is 4. The molecule has 1 aromatic heterocycles. The number of ether oxygens (including phenoxy) is 2. The molecule has 8 heteroatoms. The van der Waals surface area contributed by atoms with Gasteiger partial charge in [-0.15, -0.1) is 0 Å². The summed E-state index contributed by atoms with van der Waals surface area (Å²) < 4.78 is 12.3. The summed E-state index contributed by atoms with van der Waals surface area (Å²) in [5, 5.41) is 14.8. The standard InChI is InChI=1S/C17H21N5O3/c1-10(2)9-25-16(23)14-11(3)18-17-19-20-21-22(17)15(14)12-5-7-13(24-4)8-6-12/h5-8,10,15H,9H2,1-4H3,(H,18,19,21). The fourth-order valence-corrected chi connectivity index (χ4v) is 2.69. The molecule has 2 heterocycles. The fourth-order valence-electron chi connectivity index (χ4n) is 2.69. The molecule has 1 aliphatic heterocycles. The van der Waals surface area contributed by atoms with Gasteiger partial charge in [0, 0.05) is 5.70 Å². The van der Waals surface area contributed by atoms with E-state index < -0.39 is 6.04 Å². The number of carbonyl (C=O) groups excluding carboxylic acids is 1. The predicted octanol–water partition coefficient (Wildman–Crippen LogP) is 2.17. The van der Waals surface area contributed by atoms with Gasteiger partial charge in [-0.05, 0) is 41.0 Å². The molecular weight excluding hydrogens is 322 g/mol. The minimum atomic E-state index is -0.461. The molecule has 0 saturated carbocycles. The summed E-state index contributed by atoms with van der Waals surface area (Å²) in [6.45, 7) is 6.16. The van der Waals surface area contributed by atoms with Gasteiger partial charge in [0.05, 0.1) is 19.3 Å². The van der Waals surface area contributed by atoms with Crippen molar-refractivity contribution in [1.29, 1.82) is 0 Å². The van der Waals surface area contributed by atoms with Crippen LogP contribution in [0.25, 0.3) is 0 Å². The van der Waals surface area contributed by atoms with Crippen LogP contribution in [0.2, 0.25) is 0 Å². The highest BCUT2D eigenvalue weighted by Gasteiger charge is 2.35. The minimum absolute atomic E-state index is 0.254. The number of anilines is 1. The van der Waals surface area contributed by atoms with Crippen LogP contribution in [0.4, 0.5) is 5.95 Å². The van der Waals surface area contributed by atoms with Crippen molar-refractivity contribution in [2.24, 2.45) is 5.92 Å². The van der Waals surface area contributed by atoms with Gasteiger partial charge in [-0.3, -0.25) is 0 Å². The molecule has 25 heavy (non-hydrogen) atoms. The lowest BCUT2D eigenvalue weighted by Crippen LogP contribution is -2.30. The average Bonchev–Trinajstić information content (AvgIpc) is 3.06. The van der Waals surface area contributed by atoms with E-state index in [9.17, 15) is 4.79 Å². The van der Waals surface area contributed by atoms with Crippen molar-refractivity contribution in [3.05, 3.63) is 41.1 Å². The number of esters is 1. The van der Waals surface area contributed by atoms with Crippen LogP contribution in [0.5, 0.6) is 5.75 Å². The first-order valence-corrected chi connectivity index (χ1v) is 8.08. The van der Waals surface area contributed by atoms with Crippen LogP contribution >= 0.6 is 0 Å². The number of hydrogen-bond acceptors (Lipinski definition) is 7. The second kappa shape index (κ2) is 6.92. The van der Waals surface area contributed by atoms with Gasteiger partial charge in [0.2, 0.25) is 5.95 Å². The summed E-state index contributed by atoms with van der Waals surface area (Å²) in [6.07, 6.45) is 0. The zero-order valence-corrected chi connectivity index (χ0v) is 14.7. The number of rotatable bonds is 5. The van der Waals surface area contributed by atoms with Crippen molar-refractivity contribution < 1.29 is 14.3 Å². The van der Waals surface area contributed by atoms with E-state index in [0.717, 1.165) is 11.3 Å². The first-order valence-electron chi connectivity index (χ1n) is 8.08. The molecule has 1 atom stereocenters. The van der Waals surface area contributed by atoms with E-state index in [0.29, 0.717) is 23.8 Å². The van der Waals surface area contributed by atoms with Gasteiger partial charge in [0.15, 0.2) is 0 Å². The third kappa shape index (κ3) is 3.33. The smallest absolute Gasteiger partial charge is 0.338 e. The summed E-state index contributed by atoms with van der Waals surface area (Å²) >= 11 is 0. The number of nitrogens with zero attached hydrogens (tertiary/aromatic N) is 4. The molecule has 0 aliphatic carbocycles. The number of nitrogens with one attached hydrogen (secondary N) is 1. The molecule has 1 unspecified atom stereocenters. The molecule has 0 bridgehead atoms. The van der Waals surface area contributed by atoms with E-state index in [4.69, 9.17) is 9.47 Å². The van der Waals surface area contributed by atoms with Crippen LogP contribution < -0.4 is 10.1 Å². The Morgan fingerprint density at radius 1 is 1.32 bits per heavy atom. The molecule has 0 amide bonds. The highest BCUT2D eigenvalue weighted by atomic mass is 16.5. The van der Waals surface area contributed by atoms with Crippen molar-refractivity contribution in [3.8, 4) is 5.75 Å². The Morgan fingerprint density at radius 3 is 2.68 bits per heavy atom. The zero-order valence-electron chi connectivity index (χ0n) is 14.7. The molecule has 0 fully saturated rings. The van der Waals surface area contributed by atoms with Gasteiger partial charge in [0.1, 0.15) is 11.8 Å². The molecule has 3 rings (SSSR count). The first kappa shape index (κ1) is 16.9. The lowest BCUT2D eigenvalue weighted by molar-refractivity contribution is -0.140. The third-order valence-electron chi connectivity index (χ3n) is 3.91. The molecule has 8 nitrogen and oxygen atoms in total. The van der Waals surface area contributed by atoms with Gasteiger partial charge < -0.3 is 14.8 Å². The number of carbonyl (C=O) groups is 1. The van der Waals surface area contributed by atoms with Gasteiger partial charge in [0.25, 0.3) is 0 Å². The Morgan fingerprint density at radius 2 is 2.04 bits per heavy atom. The van der Waals surface area contributed by atoms with Crippen LogP contribution in [0.15, 0.2) is 35.5 Å². The number of allylic oxidation sites excluding steroid dienone is 1. The molecule has 2 aromatic rings. The van der Waals surface area contributed by atoms with Crippen molar-refractivity contribution in [3.63, 3.8) is 0 Å². The molecule has 132 valence electrons. The Hall–Kier alpha value is -2.90. The molecular formula is C17H21N5O3. The minimum Gasteiger partial charge on any atom is -0.497 e. The molecule has 1 aliphatic rings. The van der Waals surface area contributed by atoms with Crippen molar-refractivity contribution >= 4 is 11.9 Å². The molecule has 1 aromatic carbocycles. The summed E-state index contributed by atoms with van der Waals surface area (Å²) in [4.78, 5) is 12.7. The third-order valence-corrected chi connectivity index (χ3v) is 3.91. The van der Waals surface area contributed by atoms with Crippen LogP contribution in [0, 0.1) is 5.92 Å². The fraction of sp³-hybridized carbons (Fsp3) is 0.412. The van der Waals surface area contributed by atoms with Crippen molar-refractivity contribution in [1.82, 2.24) is 20.2 Å². The van der Waals surface area contributed by atoms with Gasteiger partial charge in [-0.1, -0.05) is 31.1 Å². The van der Waals surface area contributed by atoms with E-state index in [1.54, 1.807) is 11.8 Å². The van der Waals surface area contributed by atoms with Gasteiger partial charge in [-0.25, -0.2) is 4.79 Å². The van der Waals surface area contributed by atoms with E-state index in [1.807, 2.05) is 45.0 Å². The Bertz CT molecular complexity index is 795. The lowest BCUT2D eigenvalue weighted by Gasteiger charge is -2.27. The van der Waals surface area contributed by atoms with Crippen LogP contribution in [-0.2, 0) is 9.53 Å². The number of tetrazole rings is 1. The first-order chi connectivity index (χ1) is 12.0. The van der Waals surface area contributed by atoms with Gasteiger partial charge >= 0.3 is 5.97 Å². The van der Waals surface area contributed by atoms with Crippen LogP contribution in [-0.4, -0.2) is 39.9 Å². The Balaban J connectivity index is 2.01. The maximum atomic E-state index is 12.7. The maximum Gasteiger partial charge on any atom is 0.338 e. The summed E-state index contributed by atoms with van der Waals surface area (Å²) in [7, 11) is 1.61. The number of hydrogen-bond donors (Lipinski definition) is 1. The average molecular weight is 343 g/mol. The SMILES string of the molecule is COc1ccc(C2C(C(=O)OCC(C)C)=C(C)Nc3nnnn32)cc1. The number of fused-ring (bicyclic) bond motifs is 1. The van der Waals surface area contributed by atoms with Crippen molar-refractivity contribution in [2.45, 2.75) is 26.8 Å². The van der Waals surface area contributed by atoms with E-state index in [1.165, 1.54) is 0 Å². The van der Waals surface area contributed by atoms with Crippen molar-refractivity contribution in [2.75, 3.05) is 19.0 Å². The quantitative estimate of drug-likeness (QED) is 0.832. The van der Waals surface area contributed by atoms with E-state index >= 15 is 0 Å². The normalized spacial score (nSPS) is 16.4. The second-order valence-corrected chi connectivity index (χ2v) is 6.28. The van der Waals surface area contributed by atoms with Crippen LogP contribution in [0.1, 0.15) is 32.4 Å². The number of methoxy groups -OCH3 is 1. The zero-order chi connectivity index (χ0) is 18.0. The van der Waals surface area contributed by atoms with E-state index in [2.05, 4.69) is 20.8 Å². The van der Waals surface area contributed by atoms with E-state index in [-0.39, 0.29) is 11.9 Å². The molecule has 0 saturated heterocycles. The summed E-state index contributed by atoms with van der Waals surface area (Å²) in [6, 6.07) is 7.01. The Kier molecular flexibility index (Phi) is 4.69. The second-order valence-electron chi connectivity index (χ2n) is 6.28. The topological polar surface area (TPSA) is 91.2 Å². The maximum absolute atomic E-state index is 12.7. The highest BCUT2D eigenvalue weighted by Crippen LogP contribution is 2.35. The summed E-state index contributed by atoms with van der Waals surface area (Å²) in [5.74, 6) is 1.10. The molecule has 0 radical (unpaired) electrons. The lowest BCUT2D eigenvalue weighted by atomic mass is 9.95. The highest BCUT2D eigenvalue weighted by molar-refractivity contribution is 5.92. The monoisotopic (exact) mass is 343 g/mol. The molecule has 1 N–H and O–H groups in total. The Labute approximate surface area is 145 Å². The van der Waals surface area contributed by atoms with Crippen LogP contribution in [0.3, 0.4) is 0 Å².